The Morgan fingerprint density at radius 2 is 2.00 bits per heavy atom. The van der Waals surface area contributed by atoms with Crippen LogP contribution in [0.2, 0.25) is 0 Å². The van der Waals surface area contributed by atoms with Gasteiger partial charge < -0.3 is 25.8 Å². The number of nitrogens with two attached hydrogens (primary N) is 1. The summed E-state index contributed by atoms with van der Waals surface area (Å²) >= 11 is 0. The predicted molar refractivity (Wildman–Crippen MR) is 138 cm³/mol. The van der Waals surface area contributed by atoms with E-state index in [9.17, 15) is 27.6 Å². The fraction of sp³-hybridized carbons (Fsp3) is 0.385. The van der Waals surface area contributed by atoms with Crippen molar-refractivity contribution in [1.29, 1.82) is 0 Å². The summed E-state index contributed by atoms with van der Waals surface area (Å²) in [6, 6.07) is 0. The van der Waals surface area contributed by atoms with Gasteiger partial charge >= 0.3 is 6.18 Å². The minimum absolute atomic E-state index is 0.110. The van der Waals surface area contributed by atoms with Crippen molar-refractivity contribution in [2.24, 2.45) is 10.7 Å². The fourth-order valence-electron chi connectivity index (χ4n) is 3.36. The van der Waals surface area contributed by atoms with Crippen molar-refractivity contribution in [3.05, 3.63) is 71.0 Å². The maximum Gasteiger partial charge on any atom is 0.416 e. The van der Waals surface area contributed by atoms with Crippen molar-refractivity contribution in [2.75, 3.05) is 40.5 Å². The molecule has 0 saturated carbocycles. The topological polar surface area (TPSA) is 134 Å². The van der Waals surface area contributed by atoms with Crippen molar-refractivity contribution in [2.45, 2.75) is 25.4 Å². The second-order valence-electron chi connectivity index (χ2n) is 7.99. The number of aliphatic hydroxyl groups excluding tert-OH is 1. The van der Waals surface area contributed by atoms with Crippen molar-refractivity contribution >= 4 is 23.9 Å². The largest absolute Gasteiger partial charge is 0.416 e. The molecule has 1 heterocycles. The average Bonchev–Trinajstić information content (AvgIpc) is 3.11. The molecule has 1 aliphatic heterocycles. The van der Waals surface area contributed by atoms with Crippen LogP contribution in [0.5, 0.6) is 0 Å². The fourth-order valence-corrected chi connectivity index (χ4v) is 3.36. The van der Waals surface area contributed by atoms with E-state index >= 15 is 0 Å². The number of carbonyl (C=O) groups is 3. The lowest BCUT2D eigenvalue weighted by atomic mass is 10.1. The number of amides is 2. The van der Waals surface area contributed by atoms with E-state index in [4.69, 9.17) is 15.6 Å². The van der Waals surface area contributed by atoms with Crippen molar-refractivity contribution < 1.29 is 37.4 Å². The number of nitrogens with one attached hydrogen (secondary N) is 1. The van der Waals surface area contributed by atoms with Gasteiger partial charge in [-0.1, -0.05) is 24.8 Å². The Morgan fingerprint density at radius 3 is 2.63 bits per heavy atom. The van der Waals surface area contributed by atoms with Crippen LogP contribution in [-0.2, 0) is 19.1 Å². The maximum absolute atomic E-state index is 13.2. The molecular formula is C26H33F3N4O5. The molecule has 38 heavy (non-hydrogen) atoms. The van der Waals surface area contributed by atoms with Gasteiger partial charge in [-0.25, -0.2) is 0 Å². The van der Waals surface area contributed by atoms with Gasteiger partial charge in [0.2, 0.25) is 11.8 Å². The molecule has 0 atom stereocenters. The molecular weight excluding hydrogens is 505 g/mol. The van der Waals surface area contributed by atoms with Gasteiger partial charge in [0.15, 0.2) is 0 Å². The molecule has 1 aliphatic carbocycles. The molecule has 9 nitrogen and oxygen atoms in total. The standard InChI is InChI=1S/C25H29F3N4O4.CH4O/c1-17(16-33)14-19(25(26,27)28)4-3-11-32(12-13-36-2)23(35)10-9-22(34)31-20-6-5-18-15-30-24(29)21(18)8-7-20;1-2/h3-4,6-8,14,16H,1,5,9-13,15H2,2H3,(H2,29,30)(H,31,34);2H,1H3/b4-3-,19-14+;. The molecule has 0 fully saturated rings. The Hall–Kier alpha value is -3.77. The van der Waals surface area contributed by atoms with Crippen LogP contribution in [0, 0.1) is 0 Å². The summed E-state index contributed by atoms with van der Waals surface area (Å²) in [5, 5.41) is 9.75. The molecule has 2 aliphatic rings. The summed E-state index contributed by atoms with van der Waals surface area (Å²) in [4.78, 5) is 41.2. The molecule has 208 valence electrons. The third-order valence-electron chi connectivity index (χ3n) is 5.31. The Balaban J connectivity index is 0.00000352. The number of allylic oxidation sites excluding steroid dienone is 6. The van der Waals surface area contributed by atoms with E-state index in [1.54, 1.807) is 12.2 Å². The number of methoxy groups -OCH3 is 1. The van der Waals surface area contributed by atoms with Crippen LogP contribution in [0.25, 0.3) is 0 Å². The molecule has 12 heteroatoms. The SMILES string of the molecule is C=C(C=O)/C=C(\C=C/CN(CCOC)C(=O)CCC(=O)NC1=CCC2=C(C=C1)C(N)=NC2)C(F)(F)F.CO. The molecule has 0 bridgehead atoms. The highest BCUT2D eigenvalue weighted by Crippen LogP contribution is 2.27. The van der Waals surface area contributed by atoms with E-state index in [1.807, 2.05) is 6.08 Å². The Kier molecular flexibility index (Phi) is 13.7. The second-order valence-corrected chi connectivity index (χ2v) is 7.99. The lowest BCUT2D eigenvalue weighted by Gasteiger charge is -2.21. The van der Waals surface area contributed by atoms with Crippen molar-refractivity contribution in [1.82, 2.24) is 10.2 Å². The first kappa shape index (κ1) is 32.3. The van der Waals surface area contributed by atoms with Gasteiger partial charge in [0.05, 0.1) is 18.7 Å². The first-order valence-corrected chi connectivity index (χ1v) is 11.6. The van der Waals surface area contributed by atoms with Gasteiger partial charge in [-0.2, -0.15) is 13.2 Å². The van der Waals surface area contributed by atoms with E-state index in [-0.39, 0.29) is 50.3 Å². The minimum Gasteiger partial charge on any atom is -0.400 e. The summed E-state index contributed by atoms with van der Waals surface area (Å²) < 4.78 is 44.5. The van der Waals surface area contributed by atoms with Crippen LogP contribution in [0.4, 0.5) is 13.2 Å². The molecule has 0 aromatic carbocycles. The van der Waals surface area contributed by atoms with Crippen molar-refractivity contribution in [3.63, 3.8) is 0 Å². The number of nitrogens with zero attached hydrogens (tertiary/aromatic N) is 2. The number of aliphatic imine (C=N–C) groups is 1. The number of rotatable bonds is 12. The molecule has 2 rings (SSSR count). The number of ether oxygens (including phenoxy) is 1. The van der Waals surface area contributed by atoms with Crippen LogP contribution in [-0.4, -0.2) is 80.6 Å². The molecule has 0 unspecified atom stereocenters. The zero-order chi connectivity index (χ0) is 28.7. The van der Waals surface area contributed by atoms with Gasteiger partial charge in [-0.3, -0.25) is 19.4 Å². The van der Waals surface area contributed by atoms with Gasteiger partial charge in [-0.05, 0) is 30.2 Å². The highest BCUT2D eigenvalue weighted by Gasteiger charge is 2.31. The van der Waals surface area contributed by atoms with E-state index in [0.717, 1.165) is 30.4 Å². The molecule has 0 saturated heterocycles. The number of halogens is 3. The third kappa shape index (κ3) is 10.7. The Labute approximate surface area is 219 Å². The summed E-state index contributed by atoms with van der Waals surface area (Å²) in [5.74, 6) is -0.332. The predicted octanol–water partition coefficient (Wildman–Crippen LogP) is 2.28. The quantitative estimate of drug-likeness (QED) is 0.198. The monoisotopic (exact) mass is 538 g/mol. The molecule has 0 radical (unpaired) electrons. The first-order valence-electron chi connectivity index (χ1n) is 11.6. The Bertz CT molecular complexity index is 1070. The summed E-state index contributed by atoms with van der Waals surface area (Å²) in [6.45, 7) is 3.90. The van der Waals surface area contributed by atoms with E-state index in [2.05, 4.69) is 16.9 Å². The van der Waals surface area contributed by atoms with Crippen LogP contribution < -0.4 is 11.1 Å². The normalized spacial score (nSPS) is 15.2. The summed E-state index contributed by atoms with van der Waals surface area (Å²) in [6.07, 6.45) is 3.77. The van der Waals surface area contributed by atoms with Gasteiger partial charge in [0.25, 0.3) is 0 Å². The average molecular weight is 539 g/mol. The van der Waals surface area contributed by atoms with Crippen LogP contribution in [0.15, 0.2) is 76.0 Å². The number of amidine groups is 1. The van der Waals surface area contributed by atoms with Crippen LogP contribution >= 0.6 is 0 Å². The van der Waals surface area contributed by atoms with Crippen LogP contribution in [0.1, 0.15) is 19.3 Å². The number of aliphatic hydroxyl groups is 1. The van der Waals surface area contributed by atoms with Gasteiger partial charge in [-0.15, -0.1) is 0 Å². The first-order chi connectivity index (χ1) is 18.0. The number of hydrogen-bond acceptors (Lipinski definition) is 7. The molecule has 0 aromatic rings. The van der Waals surface area contributed by atoms with Gasteiger partial charge in [0, 0.05) is 57.0 Å². The van der Waals surface area contributed by atoms with Crippen molar-refractivity contribution in [3.8, 4) is 0 Å². The second kappa shape index (κ2) is 16.2. The number of carbonyl (C=O) groups excluding carboxylic acids is 3. The number of alkyl halides is 3. The Morgan fingerprint density at radius 1 is 1.29 bits per heavy atom. The lowest BCUT2D eigenvalue weighted by Crippen LogP contribution is -2.35. The smallest absolute Gasteiger partial charge is 0.400 e. The zero-order valence-electron chi connectivity index (χ0n) is 21.4. The number of aldehydes is 1. The zero-order valence-corrected chi connectivity index (χ0v) is 21.4. The molecule has 2 amide bonds. The highest BCUT2D eigenvalue weighted by molar-refractivity contribution is 6.02. The molecule has 4 N–H and O–H groups in total. The summed E-state index contributed by atoms with van der Waals surface area (Å²) in [7, 11) is 2.43. The maximum atomic E-state index is 13.2. The summed E-state index contributed by atoms with van der Waals surface area (Å²) in [5.41, 5.74) is 6.94. The van der Waals surface area contributed by atoms with E-state index in [0.29, 0.717) is 30.6 Å². The number of hydrogen-bond donors (Lipinski definition) is 3. The van der Waals surface area contributed by atoms with E-state index in [1.165, 1.54) is 12.0 Å². The molecule has 0 spiro atoms. The van der Waals surface area contributed by atoms with Crippen LogP contribution in [0.3, 0.4) is 0 Å². The highest BCUT2D eigenvalue weighted by atomic mass is 19.4. The third-order valence-corrected chi connectivity index (χ3v) is 5.31. The lowest BCUT2D eigenvalue weighted by molar-refractivity contribution is -0.133. The molecule has 0 aromatic heterocycles. The minimum atomic E-state index is -4.70. The van der Waals surface area contributed by atoms with Gasteiger partial charge in [0.1, 0.15) is 12.1 Å². The van der Waals surface area contributed by atoms with E-state index < -0.39 is 17.7 Å².